The van der Waals surface area contributed by atoms with Crippen molar-refractivity contribution < 1.29 is 14.6 Å². The van der Waals surface area contributed by atoms with E-state index in [0.29, 0.717) is 19.5 Å². The largest absolute Gasteiger partial charge is 0.444 e. The fourth-order valence-corrected chi connectivity index (χ4v) is 2.17. The average Bonchev–Trinajstić information content (AvgIpc) is 2.19. The molecule has 0 aromatic heterocycles. The van der Waals surface area contributed by atoms with Gasteiger partial charge < -0.3 is 14.7 Å². The van der Waals surface area contributed by atoms with Crippen LogP contribution in [0.3, 0.4) is 0 Å². The molecule has 4 heteroatoms. The Balaban J connectivity index is 2.52. The van der Waals surface area contributed by atoms with Crippen molar-refractivity contribution in [1.29, 1.82) is 0 Å². The van der Waals surface area contributed by atoms with Crippen LogP contribution < -0.4 is 0 Å². The molecule has 0 bridgehead atoms. The lowest BCUT2D eigenvalue weighted by Crippen LogP contribution is -2.47. The number of nitrogens with zero attached hydrogens (tertiary/aromatic N) is 1. The monoisotopic (exact) mass is 243 g/mol. The van der Waals surface area contributed by atoms with Gasteiger partial charge in [0.15, 0.2) is 0 Å². The maximum Gasteiger partial charge on any atom is 0.410 e. The predicted molar refractivity (Wildman–Crippen MR) is 66.8 cm³/mol. The van der Waals surface area contributed by atoms with Gasteiger partial charge in [0.05, 0.1) is 6.10 Å². The first-order valence-corrected chi connectivity index (χ1v) is 6.49. The van der Waals surface area contributed by atoms with Crippen LogP contribution in [-0.4, -0.2) is 40.9 Å². The summed E-state index contributed by atoms with van der Waals surface area (Å²) in [6.07, 6.45) is 2.12. The van der Waals surface area contributed by atoms with Gasteiger partial charge in [0.1, 0.15) is 5.60 Å². The molecular formula is C13H25NO3. The summed E-state index contributed by atoms with van der Waals surface area (Å²) in [7, 11) is 0. The molecule has 0 spiro atoms. The SMILES string of the molecule is CCC[C@@H]1CN(C(=O)OC(C)(C)C)CCC1O. The standard InChI is InChI=1S/C13H25NO3/c1-5-6-10-9-14(8-7-11(10)15)12(16)17-13(2,3)4/h10-11,15H,5-9H2,1-4H3/t10-,11?/m1/s1. The number of ether oxygens (including phenoxy) is 1. The van der Waals surface area contributed by atoms with Gasteiger partial charge in [-0.2, -0.15) is 0 Å². The van der Waals surface area contributed by atoms with E-state index in [1.807, 2.05) is 20.8 Å². The van der Waals surface area contributed by atoms with Crippen molar-refractivity contribution in [2.45, 2.75) is 58.7 Å². The zero-order valence-electron chi connectivity index (χ0n) is 11.4. The summed E-state index contributed by atoms with van der Waals surface area (Å²) in [4.78, 5) is 13.6. The van der Waals surface area contributed by atoms with Crippen LogP contribution in [0.25, 0.3) is 0 Å². The van der Waals surface area contributed by atoms with Gasteiger partial charge in [-0.15, -0.1) is 0 Å². The molecule has 0 radical (unpaired) electrons. The van der Waals surface area contributed by atoms with Gasteiger partial charge in [0, 0.05) is 19.0 Å². The van der Waals surface area contributed by atoms with Crippen LogP contribution in [0, 0.1) is 5.92 Å². The molecule has 1 aliphatic heterocycles. The number of carbonyl (C=O) groups is 1. The molecule has 4 nitrogen and oxygen atoms in total. The summed E-state index contributed by atoms with van der Waals surface area (Å²) in [6.45, 7) is 8.91. The van der Waals surface area contributed by atoms with Crippen molar-refractivity contribution in [3.8, 4) is 0 Å². The third-order valence-electron chi connectivity index (χ3n) is 3.00. The van der Waals surface area contributed by atoms with E-state index in [1.54, 1.807) is 4.90 Å². The second kappa shape index (κ2) is 5.71. The lowest BCUT2D eigenvalue weighted by Gasteiger charge is -2.36. The molecule has 1 rings (SSSR count). The molecule has 1 unspecified atom stereocenters. The van der Waals surface area contributed by atoms with E-state index >= 15 is 0 Å². The molecule has 1 N–H and O–H groups in total. The summed E-state index contributed by atoms with van der Waals surface area (Å²) >= 11 is 0. The quantitative estimate of drug-likeness (QED) is 0.810. The molecule has 1 fully saturated rings. The number of carbonyl (C=O) groups excluding carboxylic acids is 1. The predicted octanol–water partition coefficient (Wildman–Crippen LogP) is 2.40. The number of hydrogen-bond donors (Lipinski definition) is 1. The fraction of sp³-hybridized carbons (Fsp3) is 0.923. The molecular weight excluding hydrogens is 218 g/mol. The Hall–Kier alpha value is -0.770. The van der Waals surface area contributed by atoms with Crippen LogP contribution in [0.5, 0.6) is 0 Å². The molecule has 1 aliphatic rings. The van der Waals surface area contributed by atoms with Gasteiger partial charge >= 0.3 is 6.09 Å². The van der Waals surface area contributed by atoms with E-state index in [9.17, 15) is 9.90 Å². The number of piperidine rings is 1. The molecule has 0 aliphatic carbocycles. The van der Waals surface area contributed by atoms with Crippen LogP contribution >= 0.6 is 0 Å². The topological polar surface area (TPSA) is 49.8 Å². The number of amides is 1. The average molecular weight is 243 g/mol. The summed E-state index contributed by atoms with van der Waals surface area (Å²) < 4.78 is 5.34. The normalized spacial score (nSPS) is 25.8. The highest BCUT2D eigenvalue weighted by Gasteiger charge is 2.31. The first-order chi connectivity index (χ1) is 7.83. The van der Waals surface area contributed by atoms with E-state index in [0.717, 1.165) is 12.8 Å². The Labute approximate surface area is 104 Å². The van der Waals surface area contributed by atoms with Gasteiger partial charge in [0.2, 0.25) is 0 Å². The zero-order valence-corrected chi connectivity index (χ0v) is 11.4. The fourth-order valence-electron chi connectivity index (χ4n) is 2.17. The van der Waals surface area contributed by atoms with Crippen LogP contribution in [-0.2, 0) is 4.74 Å². The Bertz CT molecular complexity index is 260. The maximum absolute atomic E-state index is 11.9. The second-order valence-corrected chi connectivity index (χ2v) is 5.83. The maximum atomic E-state index is 11.9. The molecule has 0 aromatic carbocycles. The van der Waals surface area contributed by atoms with Crippen molar-refractivity contribution in [2.24, 2.45) is 5.92 Å². The van der Waals surface area contributed by atoms with Crippen LogP contribution in [0.15, 0.2) is 0 Å². The van der Waals surface area contributed by atoms with E-state index < -0.39 is 5.60 Å². The number of hydrogen-bond acceptors (Lipinski definition) is 3. The lowest BCUT2D eigenvalue weighted by molar-refractivity contribution is -0.0100. The minimum Gasteiger partial charge on any atom is -0.444 e. The molecule has 1 amide bonds. The zero-order chi connectivity index (χ0) is 13.1. The highest BCUT2D eigenvalue weighted by Crippen LogP contribution is 2.23. The highest BCUT2D eigenvalue weighted by atomic mass is 16.6. The van der Waals surface area contributed by atoms with Gasteiger partial charge in [-0.25, -0.2) is 4.79 Å². The highest BCUT2D eigenvalue weighted by molar-refractivity contribution is 5.68. The van der Waals surface area contributed by atoms with Crippen molar-refractivity contribution >= 4 is 6.09 Å². The van der Waals surface area contributed by atoms with E-state index in [1.165, 1.54) is 0 Å². The number of rotatable bonds is 2. The smallest absolute Gasteiger partial charge is 0.410 e. The Morgan fingerprint density at radius 3 is 2.65 bits per heavy atom. The summed E-state index contributed by atoms with van der Waals surface area (Å²) in [5, 5.41) is 9.85. The van der Waals surface area contributed by atoms with Crippen molar-refractivity contribution in [2.75, 3.05) is 13.1 Å². The van der Waals surface area contributed by atoms with Crippen LogP contribution in [0.2, 0.25) is 0 Å². The summed E-state index contributed by atoms with van der Waals surface area (Å²) in [5.41, 5.74) is -0.451. The minimum absolute atomic E-state index is 0.196. The molecule has 0 saturated carbocycles. The molecule has 1 heterocycles. The molecule has 2 atom stereocenters. The molecule has 0 aromatic rings. The minimum atomic E-state index is -0.451. The van der Waals surface area contributed by atoms with E-state index in [4.69, 9.17) is 4.74 Å². The van der Waals surface area contributed by atoms with Gasteiger partial charge in [-0.3, -0.25) is 0 Å². The molecule has 100 valence electrons. The Morgan fingerprint density at radius 1 is 1.47 bits per heavy atom. The van der Waals surface area contributed by atoms with Gasteiger partial charge in [-0.05, 0) is 33.6 Å². The third-order valence-corrected chi connectivity index (χ3v) is 3.00. The van der Waals surface area contributed by atoms with Crippen molar-refractivity contribution in [1.82, 2.24) is 4.90 Å². The number of aliphatic hydroxyl groups is 1. The molecule has 1 saturated heterocycles. The number of aliphatic hydroxyl groups excluding tert-OH is 1. The van der Waals surface area contributed by atoms with Gasteiger partial charge in [0.25, 0.3) is 0 Å². The second-order valence-electron chi connectivity index (χ2n) is 5.83. The van der Waals surface area contributed by atoms with Crippen molar-refractivity contribution in [3.05, 3.63) is 0 Å². The first kappa shape index (κ1) is 14.3. The Morgan fingerprint density at radius 2 is 2.12 bits per heavy atom. The summed E-state index contributed by atoms with van der Waals surface area (Å²) in [6, 6.07) is 0. The van der Waals surface area contributed by atoms with Crippen LogP contribution in [0.4, 0.5) is 4.79 Å². The van der Waals surface area contributed by atoms with Crippen LogP contribution in [0.1, 0.15) is 47.0 Å². The third kappa shape index (κ3) is 4.54. The van der Waals surface area contributed by atoms with E-state index in [2.05, 4.69) is 6.92 Å². The Kier molecular flexibility index (Phi) is 4.80. The lowest BCUT2D eigenvalue weighted by atomic mass is 9.91. The van der Waals surface area contributed by atoms with E-state index in [-0.39, 0.29) is 18.1 Å². The first-order valence-electron chi connectivity index (χ1n) is 6.49. The van der Waals surface area contributed by atoms with Crippen molar-refractivity contribution in [3.63, 3.8) is 0 Å². The summed E-state index contributed by atoms with van der Waals surface area (Å²) in [5.74, 6) is 0.196. The van der Waals surface area contributed by atoms with Gasteiger partial charge in [-0.1, -0.05) is 13.3 Å². The number of likely N-dealkylation sites (tertiary alicyclic amines) is 1. The molecule has 17 heavy (non-hydrogen) atoms.